The standard InChI is InChI=1S/C51H86O5/c1-4-7-10-13-16-19-22-24-26-27-30-32-35-38-41-44-50(52)55-48-49(56-51(53)45-42-39-36-33-29-21-18-15-12-9-6-3)47-54-46-43-40-37-34-31-28-25-23-20-17-14-11-8-5-2/h7-8,10-11,16-17,19-20,24-26,28,30,32,49H,4-6,9,12-15,18,21-23,27,29,31,33-48H2,1-3H3/b10-7-,11-8-,19-16-,20-17-,26-24-,28-25-,32-30-. The fraction of sp³-hybridized carbons (Fsp3) is 0.686. The second-order valence-electron chi connectivity index (χ2n) is 14.9. The molecule has 0 fully saturated rings. The van der Waals surface area contributed by atoms with Gasteiger partial charge < -0.3 is 14.2 Å². The summed E-state index contributed by atoms with van der Waals surface area (Å²) in [5, 5.41) is 0. The molecule has 0 aliphatic carbocycles. The van der Waals surface area contributed by atoms with Crippen LogP contribution in [0.1, 0.15) is 201 Å². The Morgan fingerprint density at radius 1 is 0.411 bits per heavy atom. The van der Waals surface area contributed by atoms with Gasteiger partial charge in [0.1, 0.15) is 6.61 Å². The lowest BCUT2D eigenvalue weighted by atomic mass is 10.1. The summed E-state index contributed by atoms with van der Waals surface area (Å²) < 4.78 is 17.3. The van der Waals surface area contributed by atoms with Crippen LogP contribution in [0.3, 0.4) is 0 Å². The highest BCUT2D eigenvalue weighted by Gasteiger charge is 2.17. The number of hydrogen-bond acceptors (Lipinski definition) is 5. The third kappa shape index (κ3) is 43.8. The van der Waals surface area contributed by atoms with Gasteiger partial charge in [-0.15, -0.1) is 0 Å². The Kier molecular flexibility index (Phi) is 44.0. The molecule has 0 radical (unpaired) electrons. The summed E-state index contributed by atoms with van der Waals surface area (Å²) in [5.41, 5.74) is 0. The minimum atomic E-state index is -0.564. The van der Waals surface area contributed by atoms with E-state index < -0.39 is 6.10 Å². The van der Waals surface area contributed by atoms with E-state index in [0.717, 1.165) is 96.3 Å². The van der Waals surface area contributed by atoms with Crippen LogP contribution in [-0.4, -0.2) is 37.9 Å². The van der Waals surface area contributed by atoms with Crippen LogP contribution in [0.5, 0.6) is 0 Å². The average molecular weight is 779 g/mol. The van der Waals surface area contributed by atoms with Crippen molar-refractivity contribution in [3.8, 4) is 0 Å². The number of hydrogen-bond donors (Lipinski definition) is 0. The van der Waals surface area contributed by atoms with E-state index in [9.17, 15) is 9.59 Å². The SMILES string of the molecule is CC/C=C\C/C=C\C/C=C\C/C=C\CCCCC(=O)OCC(COCCCCCC/C=C\C/C=C\C/C=C\CC)OC(=O)CCCCCCCCCCCCC. The molecular formula is C51H86O5. The van der Waals surface area contributed by atoms with E-state index in [0.29, 0.717) is 19.4 Å². The lowest BCUT2D eigenvalue weighted by molar-refractivity contribution is -0.163. The van der Waals surface area contributed by atoms with Gasteiger partial charge >= 0.3 is 11.9 Å². The number of carbonyl (C=O) groups is 2. The molecule has 0 N–H and O–H groups in total. The van der Waals surface area contributed by atoms with Crippen LogP contribution in [0.2, 0.25) is 0 Å². The van der Waals surface area contributed by atoms with Crippen molar-refractivity contribution in [2.75, 3.05) is 19.8 Å². The summed E-state index contributed by atoms with van der Waals surface area (Å²) in [4.78, 5) is 25.2. The van der Waals surface area contributed by atoms with Gasteiger partial charge in [0.05, 0.1) is 6.61 Å². The minimum absolute atomic E-state index is 0.0522. The van der Waals surface area contributed by atoms with Gasteiger partial charge in [-0.25, -0.2) is 0 Å². The van der Waals surface area contributed by atoms with E-state index in [1.54, 1.807) is 0 Å². The Morgan fingerprint density at radius 3 is 1.32 bits per heavy atom. The van der Waals surface area contributed by atoms with Gasteiger partial charge in [-0.3, -0.25) is 9.59 Å². The third-order valence-corrected chi connectivity index (χ3v) is 9.43. The van der Waals surface area contributed by atoms with Crippen molar-refractivity contribution in [2.24, 2.45) is 0 Å². The fourth-order valence-corrected chi connectivity index (χ4v) is 6.04. The van der Waals surface area contributed by atoms with E-state index in [1.807, 2.05) is 0 Å². The molecule has 5 nitrogen and oxygen atoms in total. The van der Waals surface area contributed by atoms with Crippen molar-refractivity contribution < 1.29 is 23.8 Å². The van der Waals surface area contributed by atoms with Crippen LogP contribution in [0.15, 0.2) is 85.1 Å². The Bertz CT molecular complexity index is 1060. The highest BCUT2D eigenvalue weighted by molar-refractivity contribution is 5.70. The maximum atomic E-state index is 12.7. The highest BCUT2D eigenvalue weighted by atomic mass is 16.6. The molecule has 56 heavy (non-hydrogen) atoms. The smallest absolute Gasteiger partial charge is 0.306 e. The molecule has 0 aliphatic heterocycles. The Hall–Kier alpha value is -2.92. The summed E-state index contributed by atoms with van der Waals surface area (Å²) in [6.07, 6.45) is 60.1. The van der Waals surface area contributed by atoms with Crippen molar-refractivity contribution in [1.82, 2.24) is 0 Å². The lowest BCUT2D eigenvalue weighted by Gasteiger charge is -2.18. The summed E-state index contributed by atoms with van der Waals surface area (Å²) in [6.45, 7) is 7.49. The predicted molar refractivity (Wildman–Crippen MR) is 242 cm³/mol. The molecule has 320 valence electrons. The minimum Gasteiger partial charge on any atom is -0.462 e. The molecule has 0 aromatic rings. The topological polar surface area (TPSA) is 61.8 Å². The lowest BCUT2D eigenvalue weighted by Crippen LogP contribution is -2.30. The van der Waals surface area contributed by atoms with Crippen molar-refractivity contribution in [3.63, 3.8) is 0 Å². The van der Waals surface area contributed by atoms with Crippen LogP contribution < -0.4 is 0 Å². The molecule has 0 aromatic heterocycles. The zero-order valence-electron chi connectivity index (χ0n) is 36.6. The molecule has 0 saturated heterocycles. The van der Waals surface area contributed by atoms with Crippen LogP contribution in [0, 0.1) is 0 Å². The van der Waals surface area contributed by atoms with E-state index in [1.165, 1.54) is 70.6 Å². The van der Waals surface area contributed by atoms with Crippen LogP contribution in [0.25, 0.3) is 0 Å². The summed E-state index contributed by atoms with van der Waals surface area (Å²) in [6, 6.07) is 0. The Labute approximate surface area is 346 Å². The maximum Gasteiger partial charge on any atom is 0.306 e. The van der Waals surface area contributed by atoms with Crippen LogP contribution in [0.4, 0.5) is 0 Å². The van der Waals surface area contributed by atoms with Gasteiger partial charge in [0.15, 0.2) is 6.10 Å². The molecule has 0 aliphatic rings. The third-order valence-electron chi connectivity index (χ3n) is 9.43. The second kappa shape index (κ2) is 46.5. The molecule has 1 unspecified atom stereocenters. The predicted octanol–water partition coefficient (Wildman–Crippen LogP) is 15.3. The second-order valence-corrected chi connectivity index (χ2v) is 14.9. The van der Waals surface area contributed by atoms with Gasteiger partial charge in [0.2, 0.25) is 0 Å². The monoisotopic (exact) mass is 779 g/mol. The molecule has 0 amide bonds. The van der Waals surface area contributed by atoms with Crippen molar-refractivity contribution in [1.29, 1.82) is 0 Å². The van der Waals surface area contributed by atoms with Crippen molar-refractivity contribution in [3.05, 3.63) is 85.1 Å². The largest absolute Gasteiger partial charge is 0.462 e. The molecule has 0 spiro atoms. The van der Waals surface area contributed by atoms with Gasteiger partial charge in [-0.1, -0.05) is 183 Å². The summed E-state index contributed by atoms with van der Waals surface area (Å²) in [7, 11) is 0. The number of unbranched alkanes of at least 4 members (excludes halogenated alkanes) is 16. The van der Waals surface area contributed by atoms with E-state index in [2.05, 4.69) is 106 Å². The fourth-order valence-electron chi connectivity index (χ4n) is 6.04. The molecule has 0 bridgehead atoms. The van der Waals surface area contributed by atoms with Gasteiger partial charge in [0.25, 0.3) is 0 Å². The van der Waals surface area contributed by atoms with Gasteiger partial charge in [0, 0.05) is 19.4 Å². The molecular weight excluding hydrogens is 693 g/mol. The zero-order valence-corrected chi connectivity index (χ0v) is 36.6. The van der Waals surface area contributed by atoms with Crippen LogP contribution in [-0.2, 0) is 23.8 Å². The first-order valence-corrected chi connectivity index (χ1v) is 23.1. The molecule has 0 rings (SSSR count). The Balaban J connectivity index is 4.37. The van der Waals surface area contributed by atoms with Crippen LogP contribution >= 0.6 is 0 Å². The Morgan fingerprint density at radius 2 is 0.804 bits per heavy atom. The van der Waals surface area contributed by atoms with E-state index in [4.69, 9.17) is 14.2 Å². The summed E-state index contributed by atoms with van der Waals surface area (Å²) in [5.74, 6) is -0.462. The number of esters is 2. The highest BCUT2D eigenvalue weighted by Crippen LogP contribution is 2.13. The number of rotatable bonds is 41. The average Bonchev–Trinajstić information content (AvgIpc) is 3.20. The van der Waals surface area contributed by atoms with Gasteiger partial charge in [-0.2, -0.15) is 0 Å². The summed E-state index contributed by atoms with van der Waals surface area (Å²) >= 11 is 0. The number of ether oxygens (including phenoxy) is 3. The normalized spacial score (nSPS) is 13.0. The molecule has 0 aromatic carbocycles. The number of allylic oxidation sites excluding steroid dienone is 14. The number of carbonyl (C=O) groups excluding carboxylic acids is 2. The first-order chi connectivity index (χ1) is 27.6. The quantitative estimate of drug-likeness (QED) is 0.0351. The molecule has 0 heterocycles. The van der Waals surface area contributed by atoms with Gasteiger partial charge in [-0.05, 0) is 89.9 Å². The molecule has 0 saturated carbocycles. The van der Waals surface area contributed by atoms with Crippen molar-refractivity contribution >= 4 is 11.9 Å². The molecule has 5 heteroatoms. The maximum absolute atomic E-state index is 12.7. The molecule has 1 atom stereocenters. The van der Waals surface area contributed by atoms with Crippen molar-refractivity contribution in [2.45, 2.75) is 207 Å². The zero-order chi connectivity index (χ0) is 40.7. The first kappa shape index (κ1) is 53.1. The van der Waals surface area contributed by atoms with E-state index in [-0.39, 0.29) is 25.2 Å². The van der Waals surface area contributed by atoms with E-state index >= 15 is 0 Å². The first-order valence-electron chi connectivity index (χ1n) is 23.1.